The van der Waals surface area contributed by atoms with E-state index >= 15 is 0 Å². The van der Waals surface area contributed by atoms with E-state index in [2.05, 4.69) is 5.32 Å². The number of nitrogens with one attached hydrogen (secondary N) is 1. The molecule has 0 aliphatic carbocycles. The van der Waals surface area contributed by atoms with E-state index in [1.165, 1.54) is 4.90 Å². The lowest BCUT2D eigenvalue weighted by Gasteiger charge is -2.15. The van der Waals surface area contributed by atoms with Crippen molar-refractivity contribution >= 4 is 15.9 Å². The van der Waals surface area contributed by atoms with Crippen LogP contribution < -0.4 is 10.5 Å². The monoisotopic (exact) mass is 221 g/mol. The SMILES string of the molecule is CNCCN1CC(S(N)(=O)=O)CC1=O. The van der Waals surface area contributed by atoms with Gasteiger partial charge in [0.05, 0.1) is 0 Å². The van der Waals surface area contributed by atoms with Crippen LogP contribution in [0.5, 0.6) is 0 Å². The normalized spacial score (nSPS) is 23.1. The highest BCUT2D eigenvalue weighted by Gasteiger charge is 2.35. The van der Waals surface area contributed by atoms with E-state index in [0.717, 1.165) is 0 Å². The van der Waals surface area contributed by atoms with Gasteiger partial charge in [-0.15, -0.1) is 0 Å². The lowest BCUT2D eigenvalue weighted by atomic mass is 10.4. The van der Waals surface area contributed by atoms with Crippen LogP contribution >= 0.6 is 0 Å². The number of likely N-dealkylation sites (N-methyl/N-ethyl adjacent to an activating group) is 1. The van der Waals surface area contributed by atoms with Crippen LogP contribution in [0.1, 0.15) is 6.42 Å². The van der Waals surface area contributed by atoms with Crippen LogP contribution in [-0.4, -0.2) is 51.2 Å². The minimum absolute atomic E-state index is 0.0164. The Morgan fingerprint density at radius 1 is 1.64 bits per heavy atom. The lowest BCUT2D eigenvalue weighted by Crippen LogP contribution is -2.35. The van der Waals surface area contributed by atoms with Gasteiger partial charge in [0.1, 0.15) is 5.25 Å². The van der Waals surface area contributed by atoms with E-state index in [1.54, 1.807) is 7.05 Å². The molecule has 82 valence electrons. The average Bonchev–Trinajstić information content (AvgIpc) is 2.43. The van der Waals surface area contributed by atoms with Crippen LogP contribution in [0, 0.1) is 0 Å². The summed E-state index contributed by atoms with van der Waals surface area (Å²) in [5.74, 6) is -0.140. The second-order valence-corrected chi connectivity index (χ2v) is 5.20. The maximum absolute atomic E-state index is 11.3. The van der Waals surface area contributed by atoms with Gasteiger partial charge in [-0.2, -0.15) is 0 Å². The minimum atomic E-state index is -3.58. The van der Waals surface area contributed by atoms with E-state index in [9.17, 15) is 13.2 Å². The van der Waals surface area contributed by atoms with Crippen molar-refractivity contribution in [3.8, 4) is 0 Å². The minimum Gasteiger partial charge on any atom is -0.340 e. The molecule has 14 heavy (non-hydrogen) atoms. The molecule has 3 N–H and O–H groups in total. The molecule has 1 amide bonds. The Balaban J connectivity index is 2.56. The van der Waals surface area contributed by atoms with Crippen LogP contribution in [0.4, 0.5) is 0 Å². The molecule has 1 aliphatic rings. The smallest absolute Gasteiger partial charge is 0.224 e. The summed E-state index contributed by atoms with van der Waals surface area (Å²) in [5, 5.41) is 7.14. The van der Waals surface area contributed by atoms with Gasteiger partial charge in [-0.05, 0) is 7.05 Å². The van der Waals surface area contributed by atoms with Gasteiger partial charge >= 0.3 is 0 Å². The number of hydrogen-bond acceptors (Lipinski definition) is 4. The van der Waals surface area contributed by atoms with E-state index in [0.29, 0.717) is 13.1 Å². The largest absolute Gasteiger partial charge is 0.340 e. The standard InChI is InChI=1S/C7H15N3O3S/c1-9-2-3-10-5-6(4-7(10)11)14(8,12)13/h6,9H,2-5H2,1H3,(H2,8,12,13). The fourth-order valence-electron chi connectivity index (χ4n) is 1.42. The predicted octanol–water partition coefficient (Wildman–Crippen LogP) is -1.90. The Morgan fingerprint density at radius 3 is 2.71 bits per heavy atom. The Hall–Kier alpha value is -0.660. The van der Waals surface area contributed by atoms with Crippen molar-refractivity contribution < 1.29 is 13.2 Å². The second-order valence-electron chi connectivity index (χ2n) is 3.36. The van der Waals surface area contributed by atoms with Crippen molar-refractivity contribution in [2.75, 3.05) is 26.7 Å². The summed E-state index contributed by atoms with van der Waals surface area (Å²) in [5.41, 5.74) is 0. The molecule has 0 saturated carbocycles. The third-order valence-corrected chi connectivity index (χ3v) is 3.52. The molecule has 0 spiro atoms. The van der Waals surface area contributed by atoms with Crippen LogP contribution in [0.25, 0.3) is 0 Å². The van der Waals surface area contributed by atoms with E-state index < -0.39 is 15.3 Å². The van der Waals surface area contributed by atoms with E-state index in [1.807, 2.05) is 0 Å². The number of nitrogens with zero attached hydrogens (tertiary/aromatic N) is 1. The van der Waals surface area contributed by atoms with Crippen LogP contribution in [0.2, 0.25) is 0 Å². The number of nitrogens with two attached hydrogens (primary N) is 1. The number of carbonyl (C=O) groups is 1. The third-order valence-electron chi connectivity index (χ3n) is 2.28. The van der Waals surface area contributed by atoms with Crippen molar-refractivity contribution in [3.05, 3.63) is 0 Å². The fourth-order valence-corrected chi connectivity index (χ4v) is 2.18. The van der Waals surface area contributed by atoms with Crippen molar-refractivity contribution in [3.63, 3.8) is 0 Å². The highest BCUT2D eigenvalue weighted by atomic mass is 32.2. The molecular formula is C7H15N3O3S. The molecule has 0 aromatic carbocycles. The van der Waals surface area contributed by atoms with Crippen LogP contribution in [0.3, 0.4) is 0 Å². The van der Waals surface area contributed by atoms with Gasteiger partial charge in [0.25, 0.3) is 0 Å². The van der Waals surface area contributed by atoms with Crippen LogP contribution in [0.15, 0.2) is 0 Å². The van der Waals surface area contributed by atoms with Crippen LogP contribution in [-0.2, 0) is 14.8 Å². The summed E-state index contributed by atoms with van der Waals surface area (Å²) in [6, 6.07) is 0. The quantitative estimate of drug-likeness (QED) is 0.579. The maximum atomic E-state index is 11.3. The summed E-state index contributed by atoms with van der Waals surface area (Å²) in [7, 11) is -1.80. The summed E-state index contributed by atoms with van der Waals surface area (Å²) in [6.07, 6.45) is 0.0164. The van der Waals surface area contributed by atoms with Crippen molar-refractivity contribution in [1.82, 2.24) is 10.2 Å². The first-order valence-corrected chi connectivity index (χ1v) is 6.00. The Morgan fingerprint density at radius 2 is 2.29 bits per heavy atom. The lowest BCUT2D eigenvalue weighted by molar-refractivity contribution is -0.127. The molecule has 0 aromatic heterocycles. The topological polar surface area (TPSA) is 92.5 Å². The number of sulfonamides is 1. The first kappa shape index (κ1) is 11.4. The molecule has 0 bridgehead atoms. The number of likely N-dealkylation sites (tertiary alicyclic amines) is 1. The molecule has 1 atom stereocenters. The van der Waals surface area contributed by atoms with Crippen molar-refractivity contribution in [2.24, 2.45) is 5.14 Å². The highest BCUT2D eigenvalue weighted by Crippen LogP contribution is 2.15. The Labute approximate surface area is 83.5 Å². The first-order valence-electron chi connectivity index (χ1n) is 4.39. The number of carbonyl (C=O) groups excluding carboxylic acids is 1. The molecule has 6 nitrogen and oxygen atoms in total. The summed E-state index contributed by atoms with van der Waals surface area (Å²) >= 11 is 0. The van der Waals surface area contributed by atoms with Gasteiger partial charge in [0.2, 0.25) is 15.9 Å². The molecule has 1 unspecified atom stereocenters. The molecule has 1 fully saturated rings. The number of rotatable bonds is 4. The van der Waals surface area contributed by atoms with Gasteiger partial charge in [0, 0.05) is 26.1 Å². The molecule has 1 saturated heterocycles. The summed E-state index contributed by atoms with van der Waals surface area (Å²) in [4.78, 5) is 12.8. The fraction of sp³-hybridized carbons (Fsp3) is 0.857. The number of hydrogen-bond donors (Lipinski definition) is 2. The molecule has 0 radical (unpaired) electrons. The van der Waals surface area contributed by atoms with E-state index in [4.69, 9.17) is 5.14 Å². The average molecular weight is 221 g/mol. The maximum Gasteiger partial charge on any atom is 0.224 e. The van der Waals surface area contributed by atoms with Gasteiger partial charge in [-0.25, -0.2) is 13.6 Å². The van der Waals surface area contributed by atoms with Gasteiger partial charge < -0.3 is 10.2 Å². The summed E-state index contributed by atoms with van der Waals surface area (Å²) < 4.78 is 22.0. The molecule has 1 rings (SSSR count). The Kier molecular flexibility index (Phi) is 3.46. The first-order chi connectivity index (χ1) is 6.45. The van der Waals surface area contributed by atoms with E-state index in [-0.39, 0.29) is 18.9 Å². The Bertz CT molecular complexity index is 314. The highest BCUT2D eigenvalue weighted by molar-refractivity contribution is 7.89. The van der Waals surface area contributed by atoms with Gasteiger partial charge in [-0.1, -0.05) is 0 Å². The van der Waals surface area contributed by atoms with Gasteiger partial charge in [0.15, 0.2) is 0 Å². The molecule has 7 heteroatoms. The predicted molar refractivity (Wildman–Crippen MR) is 52.0 cm³/mol. The number of primary sulfonamides is 1. The van der Waals surface area contributed by atoms with Crippen molar-refractivity contribution in [1.29, 1.82) is 0 Å². The molecule has 1 aliphatic heterocycles. The van der Waals surface area contributed by atoms with Crippen molar-refractivity contribution in [2.45, 2.75) is 11.7 Å². The number of amides is 1. The second kappa shape index (κ2) is 4.24. The molecule has 1 heterocycles. The third kappa shape index (κ3) is 2.66. The summed E-state index contributed by atoms with van der Waals surface area (Å²) in [6.45, 7) is 1.41. The zero-order chi connectivity index (χ0) is 10.8. The zero-order valence-electron chi connectivity index (χ0n) is 8.06. The zero-order valence-corrected chi connectivity index (χ0v) is 8.88. The molecular weight excluding hydrogens is 206 g/mol. The molecule has 0 aromatic rings. The van der Waals surface area contributed by atoms with Gasteiger partial charge in [-0.3, -0.25) is 4.79 Å².